The van der Waals surface area contributed by atoms with Crippen molar-refractivity contribution in [2.24, 2.45) is 0 Å². The molecule has 2 rings (SSSR count). The van der Waals surface area contributed by atoms with Gasteiger partial charge in [-0.15, -0.1) is 23.7 Å². The van der Waals surface area contributed by atoms with E-state index in [-0.39, 0.29) is 24.4 Å². The highest BCUT2D eigenvalue weighted by Gasteiger charge is 2.25. The molecular weight excluding hydrogens is 312 g/mol. The molecule has 6 heteroatoms. The van der Waals surface area contributed by atoms with Crippen LogP contribution in [0.1, 0.15) is 16.6 Å². The zero-order valence-electron chi connectivity index (χ0n) is 8.90. The van der Waals surface area contributed by atoms with Gasteiger partial charge in [-0.2, -0.15) is 0 Å². The number of piperazine rings is 1. The minimum absolute atomic E-state index is 0. The fourth-order valence-electron chi connectivity index (χ4n) is 1.72. The number of halogens is 2. The summed E-state index contributed by atoms with van der Waals surface area (Å²) in [5.74, 6) is 0.144. The molecule has 0 unspecified atom stereocenters. The highest BCUT2D eigenvalue weighted by atomic mass is 79.9. The summed E-state index contributed by atoms with van der Waals surface area (Å²) in [6.45, 7) is 4.64. The number of carbonyl (C=O) groups excluding carboxylic acids is 1. The van der Waals surface area contributed by atoms with Crippen LogP contribution in [-0.4, -0.2) is 36.5 Å². The van der Waals surface area contributed by atoms with Gasteiger partial charge in [0.1, 0.15) is 4.88 Å². The summed E-state index contributed by atoms with van der Waals surface area (Å²) in [4.78, 5) is 14.9. The molecule has 1 fully saturated rings. The second-order valence-corrected chi connectivity index (χ2v) is 5.42. The van der Waals surface area contributed by atoms with Crippen molar-refractivity contribution in [1.82, 2.24) is 10.2 Å². The Kier molecular flexibility index (Phi) is 5.24. The molecule has 0 spiro atoms. The number of nitrogens with one attached hydrogen (secondary N) is 1. The quantitative estimate of drug-likeness (QED) is 0.860. The molecule has 1 aromatic heterocycles. The van der Waals surface area contributed by atoms with E-state index in [1.807, 2.05) is 16.3 Å². The third-order valence-electron chi connectivity index (χ3n) is 2.57. The van der Waals surface area contributed by atoms with Crippen molar-refractivity contribution in [2.45, 2.75) is 13.0 Å². The highest BCUT2D eigenvalue weighted by molar-refractivity contribution is 9.10. The van der Waals surface area contributed by atoms with E-state index in [1.54, 1.807) is 0 Å². The van der Waals surface area contributed by atoms with Crippen molar-refractivity contribution in [3.63, 3.8) is 0 Å². The molecule has 2 heterocycles. The Morgan fingerprint density at radius 1 is 1.69 bits per heavy atom. The monoisotopic (exact) mass is 324 g/mol. The smallest absolute Gasteiger partial charge is 0.265 e. The molecule has 90 valence electrons. The van der Waals surface area contributed by atoms with Crippen molar-refractivity contribution in [1.29, 1.82) is 0 Å². The van der Waals surface area contributed by atoms with Crippen molar-refractivity contribution in [3.05, 3.63) is 20.8 Å². The molecule has 1 aromatic rings. The molecule has 16 heavy (non-hydrogen) atoms. The molecule has 0 bridgehead atoms. The second-order valence-electron chi connectivity index (χ2n) is 3.65. The predicted octanol–water partition coefficient (Wildman–Crippen LogP) is 2.37. The van der Waals surface area contributed by atoms with E-state index in [1.165, 1.54) is 11.3 Å². The first-order valence-electron chi connectivity index (χ1n) is 4.95. The van der Waals surface area contributed by atoms with Crippen LogP contribution in [0.4, 0.5) is 0 Å². The van der Waals surface area contributed by atoms with Crippen LogP contribution in [0, 0.1) is 0 Å². The molecule has 0 radical (unpaired) electrons. The maximum absolute atomic E-state index is 12.2. The Morgan fingerprint density at radius 2 is 2.44 bits per heavy atom. The van der Waals surface area contributed by atoms with E-state index in [0.717, 1.165) is 29.0 Å². The summed E-state index contributed by atoms with van der Waals surface area (Å²) in [5.41, 5.74) is 0. The summed E-state index contributed by atoms with van der Waals surface area (Å²) in [6.07, 6.45) is 0. The molecular formula is C10H14BrClN2OS. The summed E-state index contributed by atoms with van der Waals surface area (Å²) < 4.78 is 0.906. The van der Waals surface area contributed by atoms with Gasteiger partial charge in [0.2, 0.25) is 0 Å². The van der Waals surface area contributed by atoms with Crippen LogP contribution < -0.4 is 5.32 Å². The molecule has 1 aliphatic heterocycles. The first kappa shape index (κ1) is 14.0. The number of amides is 1. The number of carbonyl (C=O) groups is 1. The van der Waals surface area contributed by atoms with E-state index in [4.69, 9.17) is 0 Å². The van der Waals surface area contributed by atoms with Gasteiger partial charge in [0, 0.05) is 30.1 Å². The lowest BCUT2D eigenvalue weighted by Gasteiger charge is -2.33. The van der Waals surface area contributed by atoms with Crippen molar-refractivity contribution >= 4 is 45.6 Å². The summed E-state index contributed by atoms with van der Waals surface area (Å²) in [5, 5.41) is 5.21. The SMILES string of the molecule is C[C@H]1CNCCN1C(=O)c1sccc1Br.Cl. The molecule has 0 aromatic carbocycles. The largest absolute Gasteiger partial charge is 0.333 e. The van der Waals surface area contributed by atoms with E-state index in [9.17, 15) is 4.79 Å². The zero-order chi connectivity index (χ0) is 10.8. The average molecular weight is 326 g/mol. The second kappa shape index (κ2) is 6.00. The molecule has 3 nitrogen and oxygen atoms in total. The summed E-state index contributed by atoms with van der Waals surface area (Å²) in [7, 11) is 0. The minimum atomic E-state index is 0. The maximum atomic E-state index is 12.2. The number of nitrogens with zero attached hydrogens (tertiary/aromatic N) is 1. The van der Waals surface area contributed by atoms with E-state index < -0.39 is 0 Å². The fourth-order valence-corrected chi connectivity index (χ4v) is 3.22. The van der Waals surface area contributed by atoms with E-state index in [0.29, 0.717) is 0 Å². The zero-order valence-corrected chi connectivity index (χ0v) is 12.1. The van der Waals surface area contributed by atoms with E-state index in [2.05, 4.69) is 28.2 Å². The van der Waals surface area contributed by atoms with Crippen LogP contribution in [0.5, 0.6) is 0 Å². The minimum Gasteiger partial charge on any atom is -0.333 e. The Morgan fingerprint density at radius 3 is 3.00 bits per heavy atom. The highest BCUT2D eigenvalue weighted by Crippen LogP contribution is 2.25. The van der Waals surface area contributed by atoms with Gasteiger partial charge in [-0.3, -0.25) is 4.79 Å². The topological polar surface area (TPSA) is 32.3 Å². The molecule has 1 N–H and O–H groups in total. The average Bonchev–Trinajstić information content (AvgIpc) is 2.64. The van der Waals surface area contributed by atoms with Gasteiger partial charge in [0.15, 0.2) is 0 Å². The van der Waals surface area contributed by atoms with Crippen LogP contribution in [0.3, 0.4) is 0 Å². The van der Waals surface area contributed by atoms with Crippen LogP contribution in [-0.2, 0) is 0 Å². The van der Waals surface area contributed by atoms with Gasteiger partial charge in [-0.1, -0.05) is 0 Å². The Hall–Kier alpha value is -0.100. The fraction of sp³-hybridized carbons (Fsp3) is 0.500. The van der Waals surface area contributed by atoms with Gasteiger partial charge in [-0.05, 0) is 34.3 Å². The lowest BCUT2D eigenvalue weighted by molar-refractivity contribution is 0.0660. The molecule has 1 aliphatic rings. The van der Waals surface area contributed by atoms with Gasteiger partial charge in [0.25, 0.3) is 5.91 Å². The Labute approximate surface area is 114 Å². The van der Waals surface area contributed by atoms with Gasteiger partial charge in [-0.25, -0.2) is 0 Å². The molecule has 1 saturated heterocycles. The normalized spacial score (nSPS) is 20.4. The van der Waals surface area contributed by atoms with Crippen LogP contribution in [0.25, 0.3) is 0 Å². The molecule has 0 saturated carbocycles. The first-order valence-corrected chi connectivity index (χ1v) is 6.62. The standard InChI is InChI=1S/C10H13BrN2OS.ClH/c1-7-6-12-3-4-13(7)10(14)9-8(11)2-5-15-9;/h2,5,7,12H,3-4,6H2,1H3;1H/t7-;/m0./s1. The maximum Gasteiger partial charge on any atom is 0.265 e. The van der Waals surface area contributed by atoms with Gasteiger partial charge < -0.3 is 10.2 Å². The lowest BCUT2D eigenvalue weighted by atomic mass is 10.2. The van der Waals surface area contributed by atoms with Gasteiger partial charge in [0.05, 0.1) is 0 Å². The van der Waals surface area contributed by atoms with Crippen LogP contribution in [0.15, 0.2) is 15.9 Å². The van der Waals surface area contributed by atoms with Crippen LogP contribution in [0.2, 0.25) is 0 Å². The van der Waals surface area contributed by atoms with Crippen molar-refractivity contribution in [2.75, 3.05) is 19.6 Å². The predicted molar refractivity (Wildman–Crippen MR) is 72.6 cm³/mol. The van der Waals surface area contributed by atoms with Crippen molar-refractivity contribution in [3.8, 4) is 0 Å². The Balaban J connectivity index is 0.00000128. The third kappa shape index (κ3) is 2.77. The third-order valence-corrected chi connectivity index (χ3v) is 4.40. The first-order chi connectivity index (χ1) is 7.20. The molecule has 0 aliphatic carbocycles. The van der Waals surface area contributed by atoms with Gasteiger partial charge >= 0.3 is 0 Å². The number of rotatable bonds is 1. The number of thiophene rings is 1. The molecule has 1 amide bonds. The molecule has 1 atom stereocenters. The number of hydrogen-bond donors (Lipinski definition) is 1. The van der Waals surface area contributed by atoms with Crippen LogP contribution >= 0.6 is 39.7 Å². The van der Waals surface area contributed by atoms with Crippen molar-refractivity contribution < 1.29 is 4.79 Å². The number of hydrogen-bond acceptors (Lipinski definition) is 3. The Bertz CT molecular complexity index is 371. The summed E-state index contributed by atoms with van der Waals surface area (Å²) in [6, 6.07) is 2.20. The lowest BCUT2D eigenvalue weighted by Crippen LogP contribution is -2.52. The van der Waals surface area contributed by atoms with E-state index >= 15 is 0 Å². The summed E-state index contributed by atoms with van der Waals surface area (Å²) >= 11 is 4.90.